The second-order valence-corrected chi connectivity index (χ2v) is 3.77. The molecule has 72 valence electrons. The molecule has 13 heavy (non-hydrogen) atoms. The molecule has 0 heterocycles. The molecule has 0 aromatic rings. The van der Waals surface area contributed by atoms with Gasteiger partial charge < -0.3 is 10.2 Å². The van der Waals surface area contributed by atoms with E-state index in [0.29, 0.717) is 25.7 Å². The van der Waals surface area contributed by atoms with E-state index >= 15 is 0 Å². The summed E-state index contributed by atoms with van der Waals surface area (Å²) in [5.74, 6) is -1.61. The van der Waals surface area contributed by atoms with E-state index in [2.05, 4.69) is 12.6 Å². The van der Waals surface area contributed by atoms with Gasteiger partial charge in [0.15, 0.2) is 5.79 Å². The molecule has 0 aromatic carbocycles. The first-order chi connectivity index (χ1) is 6.10. The zero-order valence-corrected chi connectivity index (χ0v) is 7.61. The zero-order valence-electron chi connectivity index (χ0n) is 7.61. The molecule has 2 atom stereocenters. The molecule has 1 saturated carbocycles. The lowest BCUT2D eigenvalue weighted by molar-refractivity contribution is -0.185. The third kappa shape index (κ3) is 2.30. The predicted molar refractivity (Wildman–Crippen MR) is 48.4 cm³/mol. The lowest BCUT2D eigenvalue weighted by Gasteiger charge is -2.22. The fourth-order valence-electron chi connectivity index (χ4n) is 2.04. The first kappa shape index (κ1) is 10.2. The van der Waals surface area contributed by atoms with Crippen LogP contribution >= 0.6 is 0 Å². The second-order valence-electron chi connectivity index (χ2n) is 3.77. The van der Waals surface area contributed by atoms with E-state index in [4.69, 9.17) is 5.26 Å². The highest BCUT2D eigenvalue weighted by molar-refractivity contribution is 4.94. The Morgan fingerprint density at radius 3 is 2.85 bits per heavy atom. The maximum absolute atomic E-state index is 9.58. The number of allylic oxidation sites excluding steroid dienone is 1. The molecule has 2 unspecified atom stereocenters. The zero-order chi connectivity index (χ0) is 9.90. The van der Waals surface area contributed by atoms with E-state index in [1.807, 2.05) is 0 Å². The summed E-state index contributed by atoms with van der Waals surface area (Å²) in [5, 5.41) is 27.6. The molecule has 2 N–H and O–H groups in total. The quantitative estimate of drug-likeness (QED) is 0.507. The van der Waals surface area contributed by atoms with Crippen molar-refractivity contribution in [3.8, 4) is 6.07 Å². The van der Waals surface area contributed by atoms with Gasteiger partial charge in [0.25, 0.3) is 0 Å². The van der Waals surface area contributed by atoms with E-state index in [-0.39, 0.29) is 11.8 Å². The fourth-order valence-corrected chi connectivity index (χ4v) is 2.04. The molecule has 0 amide bonds. The maximum atomic E-state index is 9.58. The molecule has 0 bridgehead atoms. The van der Waals surface area contributed by atoms with Crippen molar-refractivity contribution >= 4 is 0 Å². The Bertz CT molecular complexity index is 230. The van der Waals surface area contributed by atoms with Gasteiger partial charge in [0.1, 0.15) is 0 Å². The van der Waals surface area contributed by atoms with Crippen molar-refractivity contribution < 1.29 is 10.2 Å². The topological polar surface area (TPSA) is 64.2 Å². The van der Waals surface area contributed by atoms with E-state index in [0.717, 1.165) is 0 Å². The van der Waals surface area contributed by atoms with Gasteiger partial charge in [0.2, 0.25) is 0 Å². The standard InChI is InChI=1S/C10H15NO2/c1-2-3-9-6-8(4-5-11)7-10(9,12)13/h2,8-9,12-13H,1,3-4,6-7H2. The van der Waals surface area contributed by atoms with Crippen LogP contribution in [0.1, 0.15) is 25.7 Å². The van der Waals surface area contributed by atoms with Gasteiger partial charge in [0.05, 0.1) is 6.07 Å². The van der Waals surface area contributed by atoms with Gasteiger partial charge in [0, 0.05) is 18.8 Å². The van der Waals surface area contributed by atoms with Crippen LogP contribution in [0.2, 0.25) is 0 Å². The monoisotopic (exact) mass is 181 g/mol. The largest absolute Gasteiger partial charge is 0.365 e. The predicted octanol–water partition coefficient (Wildman–Crippen LogP) is 1.18. The number of hydrogen-bond acceptors (Lipinski definition) is 3. The molecule has 0 saturated heterocycles. The van der Waals surface area contributed by atoms with Crippen molar-refractivity contribution in [3.63, 3.8) is 0 Å². The van der Waals surface area contributed by atoms with Crippen LogP contribution < -0.4 is 0 Å². The maximum Gasteiger partial charge on any atom is 0.165 e. The van der Waals surface area contributed by atoms with Crippen LogP contribution in [0.15, 0.2) is 12.7 Å². The molecule has 0 aliphatic heterocycles. The van der Waals surface area contributed by atoms with Crippen LogP contribution in [-0.2, 0) is 0 Å². The molecule has 1 aliphatic carbocycles. The Kier molecular flexibility index (Phi) is 3.07. The van der Waals surface area contributed by atoms with Gasteiger partial charge in [-0.25, -0.2) is 0 Å². The number of hydrogen-bond donors (Lipinski definition) is 2. The lowest BCUT2D eigenvalue weighted by atomic mass is 9.98. The van der Waals surface area contributed by atoms with Crippen LogP contribution in [0.4, 0.5) is 0 Å². The normalized spacial score (nSPS) is 31.2. The Balaban J connectivity index is 2.57. The average Bonchev–Trinajstić information content (AvgIpc) is 2.28. The highest BCUT2D eigenvalue weighted by Crippen LogP contribution is 2.41. The average molecular weight is 181 g/mol. The minimum absolute atomic E-state index is 0.130. The fraction of sp³-hybridized carbons (Fsp3) is 0.700. The highest BCUT2D eigenvalue weighted by Gasteiger charge is 2.43. The Labute approximate surface area is 78.3 Å². The van der Waals surface area contributed by atoms with Crippen molar-refractivity contribution in [3.05, 3.63) is 12.7 Å². The summed E-state index contributed by atoms with van der Waals surface area (Å²) in [6.07, 6.45) is 3.75. The van der Waals surface area contributed by atoms with Gasteiger partial charge in [-0.2, -0.15) is 5.26 Å². The number of rotatable bonds is 3. The molecule has 3 nitrogen and oxygen atoms in total. The third-order valence-corrected chi connectivity index (χ3v) is 2.69. The second kappa shape index (κ2) is 3.91. The first-order valence-electron chi connectivity index (χ1n) is 4.52. The van der Waals surface area contributed by atoms with Crippen LogP contribution in [-0.4, -0.2) is 16.0 Å². The van der Waals surface area contributed by atoms with Gasteiger partial charge >= 0.3 is 0 Å². The smallest absolute Gasteiger partial charge is 0.165 e. The van der Waals surface area contributed by atoms with Gasteiger partial charge in [-0.1, -0.05) is 6.08 Å². The van der Waals surface area contributed by atoms with E-state index in [1.54, 1.807) is 6.08 Å². The van der Waals surface area contributed by atoms with Crippen molar-refractivity contribution in [2.75, 3.05) is 0 Å². The van der Waals surface area contributed by atoms with Crippen molar-refractivity contribution in [1.82, 2.24) is 0 Å². The minimum atomic E-state index is -1.59. The Hall–Kier alpha value is -0.850. The SMILES string of the molecule is C=CCC1CC(CC#N)CC1(O)O. The summed E-state index contributed by atoms with van der Waals surface area (Å²) >= 11 is 0. The van der Waals surface area contributed by atoms with Crippen LogP contribution in [0, 0.1) is 23.2 Å². The molecule has 3 heteroatoms. The molecule has 1 fully saturated rings. The summed E-state index contributed by atoms with van der Waals surface area (Å²) in [6, 6.07) is 2.06. The summed E-state index contributed by atoms with van der Waals surface area (Å²) in [5.41, 5.74) is 0. The van der Waals surface area contributed by atoms with Gasteiger partial charge in [-0.05, 0) is 18.8 Å². The van der Waals surface area contributed by atoms with Crippen LogP contribution in [0.25, 0.3) is 0 Å². The molecule has 0 radical (unpaired) electrons. The van der Waals surface area contributed by atoms with Crippen LogP contribution in [0.3, 0.4) is 0 Å². The number of aliphatic hydroxyl groups is 2. The minimum Gasteiger partial charge on any atom is -0.365 e. The Morgan fingerprint density at radius 1 is 1.62 bits per heavy atom. The third-order valence-electron chi connectivity index (χ3n) is 2.69. The van der Waals surface area contributed by atoms with E-state index in [1.165, 1.54) is 0 Å². The molecular weight excluding hydrogens is 166 g/mol. The molecule has 0 spiro atoms. The van der Waals surface area contributed by atoms with Crippen molar-refractivity contribution in [2.45, 2.75) is 31.5 Å². The summed E-state index contributed by atoms with van der Waals surface area (Å²) in [7, 11) is 0. The van der Waals surface area contributed by atoms with Gasteiger partial charge in [-0.3, -0.25) is 0 Å². The first-order valence-corrected chi connectivity index (χ1v) is 4.52. The Morgan fingerprint density at radius 2 is 2.31 bits per heavy atom. The van der Waals surface area contributed by atoms with Crippen molar-refractivity contribution in [2.24, 2.45) is 11.8 Å². The summed E-state index contributed by atoms with van der Waals surface area (Å²) < 4.78 is 0. The number of nitrogens with zero attached hydrogens (tertiary/aromatic N) is 1. The molecule has 0 aromatic heterocycles. The molecular formula is C10H15NO2. The van der Waals surface area contributed by atoms with Gasteiger partial charge in [-0.15, -0.1) is 6.58 Å². The number of nitriles is 1. The van der Waals surface area contributed by atoms with E-state index < -0.39 is 5.79 Å². The summed E-state index contributed by atoms with van der Waals surface area (Å²) in [4.78, 5) is 0. The highest BCUT2D eigenvalue weighted by atomic mass is 16.5. The van der Waals surface area contributed by atoms with E-state index in [9.17, 15) is 10.2 Å². The summed E-state index contributed by atoms with van der Waals surface area (Å²) in [6.45, 7) is 3.57. The lowest BCUT2D eigenvalue weighted by Crippen LogP contribution is -2.32. The van der Waals surface area contributed by atoms with Crippen molar-refractivity contribution in [1.29, 1.82) is 5.26 Å². The molecule has 1 rings (SSSR count). The molecule has 1 aliphatic rings. The van der Waals surface area contributed by atoms with Crippen LogP contribution in [0.5, 0.6) is 0 Å².